The van der Waals surface area contributed by atoms with Crippen LogP contribution in [0.1, 0.15) is 37.4 Å². The van der Waals surface area contributed by atoms with Crippen molar-refractivity contribution in [2.45, 2.75) is 44.2 Å². The summed E-state index contributed by atoms with van der Waals surface area (Å²) in [6, 6.07) is 13.8. The van der Waals surface area contributed by atoms with E-state index in [4.69, 9.17) is 4.74 Å². The van der Waals surface area contributed by atoms with Crippen molar-refractivity contribution in [2.75, 3.05) is 6.26 Å². The number of nitrogens with one attached hydrogen (secondary N) is 1. The number of carbonyl (C=O) groups excluding carboxylic acids is 1. The second-order valence-electron chi connectivity index (χ2n) is 6.40. The highest BCUT2D eigenvalue weighted by Gasteiger charge is 2.21. The van der Waals surface area contributed by atoms with E-state index in [1.807, 2.05) is 45.0 Å². The molecule has 2 atom stereocenters. The zero-order chi connectivity index (χ0) is 19.3. The van der Waals surface area contributed by atoms with E-state index in [-0.39, 0.29) is 16.8 Å². The second kappa shape index (κ2) is 8.36. The molecule has 0 aliphatic carbocycles. The minimum Gasteiger partial charge on any atom is -0.481 e. The number of ether oxygens (including phenoxy) is 1. The molecule has 0 aromatic heterocycles. The van der Waals surface area contributed by atoms with Crippen molar-refractivity contribution in [1.29, 1.82) is 0 Å². The van der Waals surface area contributed by atoms with Gasteiger partial charge >= 0.3 is 0 Å². The number of sulfone groups is 1. The molecule has 26 heavy (non-hydrogen) atoms. The first kappa shape index (κ1) is 20.0. The molecule has 5 nitrogen and oxygen atoms in total. The van der Waals surface area contributed by atoms with Gasteiger partial charge in [-0.1, -0.05) is 31.2 Å². The molecule has 140 valence electrons. The third kappa shape index (κ3) is 5.33. The van der Waals surface area contributed by atoms with E-state index in [1.54, 1.807) is 24.3 Å². The third-order valence-electron chi connectivity index (χ3n) is 4.10. The molecule has 2 aromatic carbocycles. The van der Waals surface area contributed by atoms with Crippen LogP contribution < -0.4 is 10.1 Å². The fourth-order valence-corrected chi connectivity index (χ4v) is 3.20. The Hall–Kier alpha value is -2.34. The molecular formula is C20H25NO4S. The average molecular weight is 375 g/mol. The fourth-order valence-electron chi connectivity index (χ4n) is 2.57. The number of aryl methyl sites for hydroxylation is 1. The Morgan fingerprint density at radius 3 is 2.35 bits per heavy atom. The van der Waals surface area contributed by atoms with Crippen LogP contribution in [-0.4, -0.2) is 26.7 Å². The van der Waals surface area contributed by atoms with Gasteiger partial charge < -0.3 is 10.1 Å². The topological polar surface area (TPSA) is 72.5 Å². The van der Waals surface area contributed by atoms with E-state index in [0.29, 0.717) is 12.2 Å². The van der Waals surface area contributed by atoms with Crippen molar-refractivity contribution >= 4 is 15.7 Å². The highest BCUT2D eigenvalue weighted by Crippen LogP contribution is 2.18. The summed E-state index contributed by atoms with van der Waals surface area (Å²) in [4.78, 5) is 12.8. The molecule has 0 fully saturated rings. The maximum Gasteiger partial charge on any atom is 0.261 e. The van der Waals surface area contributed by atoms with Crippen molar-refractivity contribution in [3.05, 3.63) is 59.7 Å². The summed E-state index contributed by atoms with van der Waals surface area (Å²) in [7, 11) is -3.23. The molecule has 0 saturated heterocycles. The highest BCUT2D eigenvalue weighted by atomic mass is 32.2. The quantitative estimate of drug-likeness (QED) is 0.805. The number of amides is 1. The number of benzene rings is 2. The van der Waals surface area contributed by atoms with Crippen molar-refractivity contribution < 1.29 is 17.9 Å². The summed E-state index contributed by atoms with van der Waals surface area (Å²) >= 11 is 0. The van der Waals surface area contributed by atoms with E-state index in [0.717, 1.165) is 11.1 Å². The van der Waals surface area contributed by atoms with E-state index in [2.05, 4.69) is 5.32 Å². The molecule has 1 amide bonds. The maximum absolute atomic E-state index is 12.5. The largest absolute Gasteiger partial charge is 0.481 e. The molecular weight excluding hydrogens is 350 g/mol. The molecule has 0 spiro atoms. The van der Waals surface area contributed by atoms with Crippen molar-refractivity contribution in [2.24, 2.45) is 0 Å². The van der Waals surface area contributed by atoms with Crippen LogP contribution in [0, 0.1) is 6.92 Å². The normalized spacial score (nSPS) is 13.7. The molecule has 0 unspecified atom stereocenters. The summed E-state index contributed by atoms with van der Waals surface area (Å²) in [6.45, 7) is 5.72. The van der Waals surface area contributed by atoms with E-state index in [1.165, 1.54) is 6.26 Å². The average Bonchev–Trinajstić information content (AvgIpc) is 2.59. The molecule has 0 bridgehead atoms. The van der Waals surface area contributed by atoms with Crippen molar-refractivity contribution in [3.8, 4) is 5.75 Å². The van der Waals surface area contributed by atoms with Crippen LogP contribution in [0.25, 0.3) is 0 Å². The summed E-state index contributed by atoms with van der Waals surface area (Å²) in [5.74, 6) is 0.464. The van der Waals surface area contributed by atoms with Crippen LogP contribution in [-0.2, 0) is 14.6 Å². The van der Waals surface area contributed by atoms with Gasteiger partial charge in [-0.15, -0.1) is 0 Å². The lowest BCUT2D eigenvalue weighted by Gasteiger charge is -2.21. The number of carbonyl (C=O) groups is 1. The van der Waals surface area contributed by atoms with E-state index in [9.17, 15) is 13.2 Å². The first-order valence-corrected chi connectivity index (χ1v) is 10.4. The molecule has 2 rings (SSSR count). The highest BCUT2D eigenvalue weighted by molar-refractivity contribution is 7.90. The van der Waals surface area contributed by atoms with Gasteiger partial charge in [0.25, 0.3) is 5.91 Å². The van der Waals surface area contributed by atoms with Crippen LogP contribution in [0.4, 0.5) is 0 Å². The molecule has 0 aliphatic rings. The Balaban J connectivity index is 2.04. The van der Waals surface area contributed by atoms with Gasteiger partial charge in [0.15, 0.2) is 15.9 Å². The molecule has 6 heteroatoms. The fraction of sp³-hybridized carbons (Fsp3) is 0.350. The smallest absolute Gasteiger partial charge is 0.261 e. The second-order valence-corrected chi connectivity index (χ2v) is 8.42. The first-order valence-electron chi connectivity index (χ1n) is 8.54. The molecule has 0 saturated carbocycles. The monoisotopic (exact) mass is 375 g/mol. The predicted molar refractivity (Wildman–Crippen MR) is 102 cm³/mol. The van der Waals surface area contributed by atoms with Gasteiger partial charge in [-0.25, -0.2) is 8.42 Å². The Bertz CT molecular complexity index is 860. The molecule has 0 aliphatic heterocycles. The van der Waals surface area contributed by atoms with E-state index < -0.39 is 15.9 Å². The van der Waals surface area contributed by atoms with Gasteiger partial charge in [0.1, 0.15) is 5.75 Å². The molecule has 2 aromatic rings. The van der Waals surface area contributed by atoms with Crippen LogP contribution in [0.15, 0.2) is 53.4 Å². The maximum atomic E-state index is 12.5. The van der Waals surface area contributed by atoms with Gasteiger partial charge in [-0.3, -0.25) is 4.79 Å². The van der Waals surface area contributed by atoms with Gasteiger partial charge in [0.05, 0.1) is 10.9 Å². The van der Waals surface area contributed by atoms with Gasteiger partial charge in [0.2, 0.25) is 0 Å². The zero-order valence-electron chi connectivity index (χ0n) is 15.5. The summed E-state index contributed by atoms with van der Waals surface area (Å²) < 4.78 is 28.9. The summed E-state index contributed by atoms with van der Waals surface area (Å²) in [5, 5.41) is 2.93. The van der Waals surface area contributed by atoms with Crippen LogP contribution in [0.3, 0.4) is 0 Å². The van der Waals surface area contributed by atoms with Crippen molar-refractivity contribution in [1.82, 2.24) is 5.32 Å². The molecule has 0 heterocycles. The summed E-state index contributed by atoms with van der Waals surface area (Å²) in [6.07, 6.45) is 1.12. The van der Waals surface area contributed by atoms with Gasteiger partial charge in [-0.05, 0) is 55.7 Å². The SMILES string of the molecule is CC[C@H](Oc1cccc(C)c1)C(=O)N[C@@H](C)c1ccc(S(C)(=O)=O)cc1. The predicted octanol–water partition coefficient (Wildman–Crippen LogP) is 3.43. The van der Waals surface area contributed by atoms with E-state index >= 15 is 0 Å². The van der Waals surface area contributed by atoms with Crippen LogP contribution in [0.2, 0.25) is 0 Å². The first-order chi connectivity index (χ1) is 12.2. The Labute approximate surface area is 155 Å². The molecule has 0 radical (unpaired) electrons. The number of hydrogen-bond acceptors (Lipinski definition) is 4. The number of hydrogen-bond donors (Lipinski definition) is 1. The summed E-state index contributed by atoms with van der Waals surface area (Å²) in [5.41, 5.74) is 1.90. The Morgan fingerprint density at radius 2 is 1.81 bits per heavy atom. The Kier molecular flexibility index (Phi) is 6.42. The van der Waals surface area contributed by atoms with Gasteiger partial charge in [-0.2, -0.15) is 0 Å². The lowest BCUT2D eigenvalue weighted by Crippen LogP contribution is -2.39. The van der Waals surface area contributed by atoms with Crippen LogP contribution in [0.5, 0.6) is 5.75 Å². The third-order valence-corrected chi connectivity index (χ3v) is 5.23. The van der Waals surface area contributed by atoms with Gasteiger partial charge in [0, 0.05) is 6.26 Å². The van der Waals surface area contributed by atoms with Crippen LogP contribution >= 0.6 is 0 Å². The van der Waals surface area contributed by atoms with Crippen molar-refractivity contribution in [3.63, 3.8) is 0 Å². The lowest BCUT2D eigenvalue weighted by atomic mass is 10.1. The lowest BCUT2D eigenvalue weighted by molar-refractivity contribution is -0.128. The molecule has 1 N–H and O–H groups in total. The minimum absolute atomic E-state index is 0.200. The number of rotatable bonds is 7. The zero-order valence-corrected chi connectivity index (χ0v) is 16.3. The Morgan fingerprint density at radius 1 is 1.15 bits per heavy atom. The standard InChI is InChI=1S/C20H25NO4S/c1-5-19(25-17-8-6-7-14(2)13-17)20(22)21-15(3)16-9-11-18(12-10-16)26(4,23)24/h6-13,15,19H,5H2,1-4H3,(H,21,22)/t15-,19-/m0/s1. The minimum atomic E-state index is -3.23.